The van der Waals surface area contributed by atoms with Gasteiger partial charge in [0, 0.05) is 5.02 Å². The van der Waals surface area contributed by atoms with E-state index < -0.39 is 11.6 Å². The molecule has 2 aromatic rings. The van der Waals surface area contributed by atoms with Gasteiger partial charge in [0.05, 0.1) is 5.41 Å². The monoisotopic (exact) mass is 342 g/mol. The van der Waals surface area contributed by atoms with E-state index in [1.165, 1.54) is 12.1 Å². The van der Waals surface area contributed by atoms with E-state index in [4.69, 9.17) is 16.3 Å². The molecule has 1 nitrogen and oxygen atoms in total. The number of ether oxygens (including phenoxy) is 1. The summed E-state index contributed by atoms with van der Waals surface area (Å²) in [6.07, 6.45) is -4.38. The van der Waals surface area contributed by atoms with Gasteiger partial charge in [-0.15, -0.1) is 0 Å². The van der Waals surface area contributed by atoms with Crippen molar-refractivity contribution >= 4 is 11.6 Å². The zero-order valence-corrected chi connectivity index (χ0v) is 13.9. The number of rotatable bonds is 4. The van der Waals surface area contributed by atoms with E-state index in [0.29, 0.717) is 17.9 Å². The second-order valence-corrected chi connectivity index (χ2v) is 6.40. The van der Waals surface area contributed by atoms with Crippen molar-refractivity contribution in [2.45, 2.75) is 39.0 Å². The molecule has 0 spiro atoms. The van der Waals surface area contributed by atoms with Gasteiger partial charge in [-0.25, -0.2) is 0 Å². The second kappa shape index (κ2) is 6.44. The molecule has 23 heavy (non-hydrogen) atoms. The third-order valence-electron chi connectivity index (χ3n) is 3.88. The molecule has 0 aliphatic rings. The molecule has 0 fully saturated rings. The molecule has 0 aromatic heterocycles. The third-order valence-corrected chi connectivity index (χ3v) is 4.20. The average Bonchev–Trinajstić information content (AvgIpc) is 2.47. The van der Waals surface area contributed by atoms with Crippen LogP contribution in [0.5, 0.6) is 5.75 Å². The topological polar surface area (TPSA) is 9.23 Å². The first-order valence-corrected chi connectivity index (χ1v) is 7.55. The fourth-order valence-corrected chi connectivity index (χ4v) is 2.58. The van der Waals surface area contributed by atoms with Crippen LogP contribution >= 0.6 is 11.6 Å². The Balaban J connectivity index is 2.27. The van der Waals surface area contributed by atoms with E-state index in [1.807, 2.05) is 30.3 Å². The van der Waals surface area contributed by atoms with Crippen molar-refractivity contribution < 1.29 is 17.9 Å². The summed E-state index contributed by atoms with van der Waals surface area (Å²) >= 11 is 6.09. The maximum absolute atomic E-state index is 13.2. The first-order valence-electron chi connectivity index (χ1n) is 7.17. The summed E-state index contributed by atoms with van der Waals surface area (Å²) in [6, 6.07) is 12.4. The summed E-state index contributed by atoms with van der Waals surface area (Å²) in [5, 5.41) is 0.0565. The molecule has 0 atom stereocenters. The summed E-state index contributed by atoms with van der Waals surface area (Å²) < 4.78 is 45.3. The van der Waals surface area contributed by atoms with Crippen molar-refractivity contribution in [2.75, 3.05) is 0 Å². The van der Waals surface area contributed by atoms with E-state index in [9.17, 15) is 13.2 Å². The van der Waals surface area contributed by atoms with Crippen LogP contribution in [0.1, 0.15) is 30.5 Å². The van der Waals surface area contributed by atoms with Gasteiger partial charge in [-0.2, -0.15) is 13.2 Å². The highest BCUT2D eigenvalue weighted by Gasteiger charge is 2.49. The van der Waals surface area contributed by atoms with Gasteiger partial charge in [-0.1, -0.05) is 48.0 Å². The zero-order valence-electron chi connectivity index (χ0n) is 13.2. The predicted octanol–water partition coefficient (Wildman–Crippen LogP) is 6.07. The van der Waals surface area contributed by atoms with E-state index in [2.05, 4.69) is 0 Å². The molecule has 0 aliphatic heterocycles. The van der Waals surface area contributed by atoms with E-state index in [-0.39, 0.29) is 10.6 Å². The first kappa shape index (κ1) is 17.7. The van der Waals surface area contributed by atoms with E-state index >= 15 is 0 Å². The van der Waals surface area contributed by atoms with Gasteiger partial charge >= 0.3 is 6.18 Å². The minimum atomic E-state index is -4.38. The fraction of sp³-hybridized carbons (Fsp3) is 0.333. The molecule has 0 unspecified atom stereocenters. The summed E-state index contributed by atoms with van der Waals surface area (Å²) in [7, 11) is 0. The Morgan fingerprint density at radius 3 is 2.22 bits per heavy atom. The fourth-order valence-electron chi connectivity index (χ4n) is 2.19. The van der Waals surface area contributed by atoms with Crippen LogP contribution in [0.25, 0.3) is 0 Å². The SMILES string of the molecule is Cc1cc(C(C)(C)C(F)(F)F)c(Cl)cc1OCc1ccccc1. The Bertz CT molecular complexity index is 679. The van der Waals surface area contributed by atoms with E-state index in [1.54, 1.807) is 6.92 Å². The highest BCUT2D eigenvalue weighted by atomic mass is 35.5. The Hall–Kier alpha value is -1.68. The van der Waals surface area contributed by atoms with Gasteiger partial charge in [-0.3, -0.25) is 0 Å². The molecule has 0 saturated heterocycles. The Labute approximate surface area is 139 Å². The molecule has 5 heteroatoms. The number of benzene rings is 2. The minimum Gasteiger partial charge on any atom is -0.489 e. The molecule has 0 saturated carbocycles. The lowest BCUT2D eigenvalue weighted by Crippen LogP contribution is -2.36. The normalized spacial score (nSPS) is 12.3. The molecule has 0 heterocycles. The molecule has 124 valence electrons. The summed E-state index contributed by atoms with van der Waals surface area (Å²) in [5.74, 6) is 0.487. The lowest BCUT2D eigenvalue weighted by molar-refractivity contribution is -0.180. The largest absolute Gasteiger partial charge is 0.489 e. The Morgan fingerprint density at radius 1 is 1.04 bits per heavy atom. The molecule has 0 bridgehead atoms. The van der Waals surface area contributed by atoms with Gasteiger partial charge in [0.2, 0.25) is 0 Å². The van der Waals surface area contributed by atoms with Crippen molar-refractivity contribution in [3.8, 4) is 5.75 Å². The summed E-state index contributed by atoms with van der Waals surface area (Å²) in [5.41, 5.74) is -0.371. The van der Waals surface area contributed by atoms with Gasteiger partial charge in [0.1, 0.15) is 12.4 Å². The molecule has 0 amide bonds. The van der Waals surface area contributed by atoms with Crippen molar-refractivity contribution in [3.63, 3.8) is 0 Å². The maximum Gasteiger partial charge on any atom is 0.397 e. The summed E-state index contributed by atoms with van der Waals surface area (Å²) in [4.78, 5) is 0. The number of hydrogen-bond donors (Lipinski definition) is 0. The van der Waals surface area contributed by atoms with Crippen molar-refractivity contribution in [3.05, 3.63) is 64.2 Å². The number of alkyl halides is 3. The number of aryl methyl sites for hydroxylation is 1. The quantitative estimate of drug-likeness (QED) is 0.655. The standard InChI is InChI=1S/C18H18ClF3O/c1-12-9-14(17(2,3)18(20,21)22)15(19)10-16(12)23-11-13-7-5-4-6-8-13/h4-10H,11H2,1-3H3. The van der Waals surface area contributed by atoms with Crippen LogP contribution in [0.15, 0.2) is 42.5 Å². The van der Waals surface area contributed by atoms with Crippen LogP contribution < -0.4 is 4.74 Å². The molecule has 2 rings (SSSR count). The molecule has 2 aromatic carbocycles. The van der Waals surface area contributed by atoms with E-state index in [0.717, 1.165) is 19.4 Å². The number of halogens is 4. The van der Waals surface area contributed by atoms with Gasteiger partial charge < -0.3 is 4.74 Å². The van der Waals surface area contributed by atoms with Gasteiger partial charge in [-0.05, 0) is 43.5 Å². The highest BCUT2D eigenvalue weighted by molar-refractivity contribution is 6.31. The highest BCUT2D eigenvalue weighted by Crippen LogP contribution is 2.44. The van der Waals surface area contributed by atoms with Crippen LogP contribution in [-0.2, 0) is 12.0 Å². The van der Waals surface area contributed by atoms with Gasteiger partial charge in [0.15, 0.2) is 0 Å². The van der Waals surface area contributed by atoms with Crippen LogP contribution in [-0.4, -0.2) is 6.18 Å². The molecule has 0 aliphatic carbocycles. The maximum atomic E-state index is 13.2. The molecular formula is C18H18ClF3O. The zero-order chi connectivity index (χ0) is 17.3. The predicted molar refractivity (Wildman–Crippen MR) is 86.0 cm³/mol. The molecule has 0 N–H and O–H groups in total. The number of hydrogen-bond acceptors (Lipinski definition) is 1. The first-order chi connectivity index (χ1) is 10.6. The van der Waals surface area contributed by atoms with Crippen LogP contribution in [0.2, 0.25) is 5.02 Å². The molecule has 0 radical (unpaired) electrons. The van der Waals surface area contributed by atoms with Crippen molar-refractivity contribution in [1.82, 2.24) is 0 Å². The minimum absolute atomic E-state index is 0.0521. The third kappa shape index (κ3) is 3.81. The van der Waals surface area contributed by atoms with Crippen LogP contribution in [0, 0.1) is 6.92 Å². The Kier molecular flexibility index (Phi) is 4.95. The van der Waals surface area contributed by atoms with Crippen molar-refractivity contribution in [1.29, 1.82) is 0 Å². The lowest BCUT2D eigenvalue weighted by atomic mass is 9.83. The lowest BCUT2D eigenvalue weighted by Gasteiger charge is -2.29. The second-order valence-electron chi connectivity index (χ2n) is 5.99. The average molecular weight is 343 g/mol. The van der Waals surface area contributed by atoms with Crippen molar-refractivity contribution in [2.24, 2.45) is 0 Å². The summed E-state index contributed by atoms with van der Waals surface area (Å²) in [6.45, 7) is 4.29. The van der Waals surface area contributed by atoms with Gasteiger partial charge in [0.25, 0.3) is 0 Å². The van der Waals surface area contributed by atoms with Crippen LogP contribution in [0.3, 0.4) is 0 Å². The smallest absolute Gasteiger partial charge is 0.397 e. The molecular weight excluding hydrogens is 325 g/mol. The Morgan fingerprint density at radius 2 is 1.65 bits per heavy atom. The van der Waals surface area contributed by atoms with Crippen LogP contribution in [0.4, 0.5) is 13.2 Å².